The maximum Gasteiger partial charge on any atom is 0.277 e. The second kappa shape index (κ2) is 10.4. The number of carbonyl (C=O) groups is 1. The molecule has 0 saturated heterocycles. The number of hydrogen-bond acceptors (Lipinski definition) is 10. The van der Waals surface area contributed by atoms with Crippen LogP contribution in [0.1, 0.15) is 16.8 Å². The van der Waals surface area contributed by atoms with Gasteiger partial charge in [0.25, 0.3) is 17.3 Å². The van der Waals surface area contributed by atoms with Crippen molar-refractivity contribution in [1.82, 2.24) is 9.88 Å². The minimum Gasteiger partial charge on any atom is -0.493 e. The number of ether oxygens (including phenoxy) is 2. The van der Waals surface area contributed by atoms with Crippen molar-refractivity contribution in [1.29, 1.82) is 0 Å². The lowest BCUT2D eigenvalue weighted by atomic mass is 10.1. The molecule has 13 heteroatoms. The van der Waals surface area contributed by atoms with Gasteiger partial charge in [0, 0.05) is 30.8 Å². The molecule has 2 aromatic carbocycles. The molecule has 0 fully saturated rings. The van der Waals surface area contributed by atoms with Crippen molar-refractivity contribution < 1.29 is 24.1 Å². The zero-order valence-corrected chi connectivity index (χ0v) is 19.8. The zero-order chi connectivity index (χ0) is 25.0. The Labute approximate surface area is 198 Å². The van der Waals surface area contributed by atoms with E-state index in [1.54, 1.807) is 12.1 Å². The molecule has 0 aliphatic carbocycles. The van der Waals surface area contributed by atoms with Crippen molar-refractivity contribution in [3.8, 4) is 11.5 Å². The molecule has 12 nitrogen and oxygen atoms in total. The van der Waals surface area contributed by atoms with E-state index in [1.165, 1.54) is 30.5 Å². The van der Waals surface area contributed by atoms with E-state index in [2.05, 4.69) is 4.98 Å². The Bertz CT molecular complexity index is 1170. The summed E-state index contributed by atoms with van der Waals surface area (Å²) >= 11 is 1.23. The van der Waals surface area contributed by atoms with Crippen LogP contribution in [0.25, 0.3) is 10.2 Å². The van der Waals surface area contributed by atoms with E-state index in [9.17, 15) is 25.0 Å². The number of amides is 1. The fourth-order valence-electron chi connectivity index (χ4n) is 3.27. The molecule has 0 aliphatic heterocycles. The van der Waals surface area contributed by atoms with Crippen LogP contribution in [0, 0.1) is 20.2 Å². The summed E-state index contributed by atoms with van der Waals surface area (Å²) in [4.78, 5) is 42.4. The number of carbonyl (C=O) groups excluding carboxylic acids is 1. The number of rotatable bonds is 10. The Balaban J connectivity index is 2.08. The third kappa shape index (κ3) is 5.38. The minimum absolute atomic E-state index is 0.167. The first-order valence-electron chi connectivity index (χ1n) is 10.1. The van der Waals surface area contributed by atoms with E-state index < -0.39 is 27.1 Å². The largest absolute Gasteiger partial charge is 0.493 e. The van der Waals surface area contributed by atoms with Crippen LogP contribution < -0.4 is 14.4 Å². The van der Waals surface area contributed by atoms with Crippen LogP contribution in [-0.4, -0.2) is 67.0 Å². The Morgan fingerprint density at radius 3 is 2.09 bits per heavy atom. The fourth-order valence-corrected chi connectivity index (χ4v) is 4.27. The molecule has 1 heterocycles. The third-order valence-corrected chi connectivity index (χ3v) is 5.96. The van der Waals surface area contributed by atoms with Crippen molar-refractivity contribution in [2.24, 2.45) is 0 Å². The van der Waals surface area contributed by atoms with Gasteiger partial charge in [-0.05, 0) is 27.1 Å². The standard InChI is InChI=1S/C21H23N5O7S/c1-23(2)6-5-7-24(20(27)13-8-14(25(28)29)10-15(9-13)26(30)31)21-22-16-11-17(32-3)18(33-4)12-19(16)34-21/h8-12H,5-7H2,1-4H3. The van der Waals surface area contributed by atoms with Gasteiger partial charge in [-0.2, -0.15) is 0 Å². The smallest absolute Gasteiger partial charge is 0.277 e. The van der Waals surface area contributed by atoms with Crippen LogP contribution >= 0.6 is 11.3 Å². The molecular formula is C21H23N5O7S. The number of methoxy groups -OCH3 is 2. The van der Waals surface area contributed by atoms with Crippen LogP contribution in [0.3, 0.4) is 0 Å². The molecule has 0 spiro atoms. The third-order valence-electron chi connectivity index (χ3n) is 4.92. The highest BCUT2D eigenvalue weighted by Crippen LogP contribution is 2.38. The molecule has 0 N–H and O–H groups in total. The number of nitro benzene ring substituents is 2. The quantitative estimate of drug-likeness (QED) is 0.307. The first kappa shape index (κ1) is 24.8. The van der Waals surface area contributed by atoms with Gasteiger partial charge in [-0.25, -0.2) is 4.98 Å². The van der Waals surface area contributed by atoms with Crippen molar-refractivity contribution in [3.05, 3.63) is 56.1 Å². The number of nitro groups is 2. The Kier molecular flexibility index (Phi) is 7.58. The fraction of sp³-hybridized carbons (Fsp3) is 0.333. The van der Waals surface area contributed by atoms with E-state index in [1.807, 2.05) is 19.0 Å². The van der Waals surface area contributed by atoms with Gasteiger partial charge in [0.1, 0.15) is 0 Å². The van der Waals surface area contributed by atoms with Crippen LogP contribution in [0.4, 0.5) is 16.5 Å². The molecule has 0 radical (unpaired) electrons. The van der Waals surface area contributed by atoms with Gasteiger partial charge in [0.05, 0.1) is 45.9 Å². The van der Waals surface area contributed by atoms with Crippen LogP contribution in [0.5, 0.6) is 11.5 Å². The summed E-state index contributed by atoms with van der Waals surface area (Å²) in [5, 5.41) is 22.9. The molecule has 3 aromatic rings. The maximum atomic E-state index is 13.5. The van der Waals surface area contributed by atoms with Gasteiger partial charge in [0.2, 0.25) is 0 Å². The predicted molar refractivity (Wildman–Crippen MR) is 127 cm³/mol. The van der Waals surface area contributed by atoms with Crippen LogP contribution in [0.2, 0.25) is 0 Å². The summed E-state index contributed by atoms with van der Waals surface area (Å²) in [5.74, 6) is 0.361. The number of hydrogen-bond donors (Lipinski definition) is 0. The van der Waals surface area contributed by atoms with Gasteiger partial charge >= 0.3 is 0 Å². The second-order valence-corrected chi connectivity index (χ2v) is 8.55. The first-order valence-corrected chi connectivity index (χ1v) is 10.9. The Morgan fingerprint density at radius 1 is 0.971 bits per heavy atom. The average molecular weight is 490 g/mol. The minimum atomic E-state index is -0.767. The summed E-state index contributed by atoms with van der Waals surface area (Å²) < 4.78 is 11.4. The molecule has 1 amide bonds. The molecule has 0 atom stereocenters. The number of aromatic nitrogens is 1. The van der Waals surface area contributed by atoms with E-state index in [-0.39, 0.29) is 12.1 Å². The number of thiazole rings is 1. The Hall–Kier alpha value is -3.84. The molecule has 0 aliphatic rings. The van der Waals surface area contributed by atoms with E-state index in [0.29, 0.717) is 35.1 Å². The number of non-ortho nitro benzene ring substituents is 2. The molecular weight excluding hydrogens is 466 g/mol. The number of nitrogens with zero attached hydrogens (tertiary/aromatic N) is 5. The summed E-state index contributed by atoms with van der Waals surface area (Å²) in [5.41, 5.74) is -0.664. The van der Waals surface area contributed by atoms with Gasteiger partial charge in [0.15, 0.2) is 16.6 Å². The van der Waals surface area contributed by atoms with Crippen LogP contribution in [-0.2, 0) is 0 Å². The summed E-state index contributed by atoms with van der Waals surface area (Å²) in [7, 11) is 6.81. The highest BCUT2D eigenvalue weighted by Gasteiger charge is 2.26. The van der Waals surface area contributed by atoms with Gasteiger partial charge in [-0.15, -0.1) is 0 Å². The number of anilines is 1. The van der Waals surface area contributed by atoms with Crippen molar-refractivity contribution in [2.45, 2.75) is 6.42 Å². The predicted octanol–water partition coefficient (Wildman–Crippen LogP) is 3.73. The molecule has 0 saturated carbocycles. The molecule has 3 rings (SSSR count). The molecule has 34 heavy (non-hydrogen) atoms. The highest BCUT2D eigenvalue weighted by molar-refractivity contribution is 7.22. The topological polar surface area (TPSA) is 141 Å². The van der Waals surface area contributed by atoms with Gasteiger partial charge in [-0.3, -0.25) is 29.9 Å². The monoisotopic (exact) mass is 489 g/mol. The summed E-state index contributed by atoms with van der Waals surface area (Å²) in [6.07, 6.45) is 0.582. The van der Waals surface area contributed by atoms with Crippen molar-refractivity contribution >= 4 is 44.0 Å². The average Bonchev–Trinajstić information content (AvgIpc) is 3.22. The van der Waals surface area contributed by atoms with E-state index >= 15 is 0 Å². The van der Waals surface area contributed by atoms with Crippen molar-refractivity contribution in [3.63, 3.8) is 0 Å². The molecule has 0 bridgehead atoms. The molecule has 1 aromatic heterocycles. The lowest BCUT2D eigenvalue weighted by Gasteiger charge is -2.21. The highest BCUT2D eigenvalue weighted by atomic mass is 32.1. The van der Waals surface area contributed by atoms with Gasteiger partial charge in [-0.1, -0.05) is 11.3 Å². The summed E-state index contributed by atoms with van der Waals surface area (Å²) in [6.45, 7) is 0.924. The van der Waals surface area contributed by atoms with Crippen LogP contribution in [0.15, 0.2) is 30.3 Å². The zero-order valence-electron chi connectivity index (χ0n) is 19.0. The van der Waals surface area contributed by atoms with E-state index in [0.717, 1.165) is 22.9 Å². The molecule has 0 unspecified atom stereocenters. The maximum absolute atomic E-state index is 13.5. The number of benzene rings is 2. The summed E-state index contributed by atoms with van der Waals surface area (Å²) in [6, 6.07) is 6.33. The molecule has 180 valence electrons. The normalized spacial score (nSPS) is 11.0. The van der Waals surface area contributed by atoms with E-state index in [4.69, 9.17) is 9.47 Å². The van der Waals surface area contributed by atoms with Crippen molar-refractivity contribution in [2.75, 3.05) is 46.3 Å². The lowest BCUT2D eigenvalue weighted by molar-refractivity contribution is -0.394. The lowest BCUT2D eigenvalue weighted by Crippen LogP contribution is -2.33. The SMILES string of the molecule is COc1cc2nc(N(CCCN(C)C)C(=O)c3cc([N+](=O)[O-])cc([N+](=O)[O-])c3)sc2cc1OC. The Morgan fingerprint density at radius 2 is 1.56 bits per heavy atom. The number of fused-ring (bicyclic) bond motifs is 1. The second-order valence-electron chi connectivity index (χ2n) is 7.54. The van der Waals surface area contributed by atoms with Gasteiger partial charge < -0.3 is 14.4 Å². The first-order chi connectivity index (χ1) is 16.1.